The third-order valence-electron chi connectivity index (χ3n) is 8.27. The van der Waals surface area contributed by atoms with Crippen molar-refractivity contribution in [2.45, 2.75) is 92.4 Å². The van der Waals surface area contributed by atoms with Gasteiger partial charge in [0, 0.05) is 0 Å². The molecule has 3 atom stereocenters. The third-order valence-corrected chi connectivity index (χ3v) is 8.27. The molecule has 1 saturated carbocycles. The zero-order valence-corrected chi connectivity index (χ0v) is 20.2. The third kappa shape index (κ3) is 5.99. The molecule has 0 aromatic heterocycles. The molecule has 2 aromatic rings. The summed E-state index contributed by atoms with van der Waals surface area (Å²) in [5, 5.41) is 0. The van der Waals surface area contributed by atoms with Crippen molar-refractivity contribution in [2.75, 3.05) is 0 Å². The Morgan fingerprint density at radius 1 is 0.933 bits per heavy atom. The zero-order chi connectivity index (χ0) is 21.6. The average molecular weight is 405 g/mol. The van der Waals surface area contributed by atoms with Gasteiger partial charge in [0.25, 0.3) is 0 Å². The Kier molecular flexibility index (Phi) is 8.20. The highest BCUT2D eigenvalue weighted by atomic mass is 14.4. The molecule has 1 fully saturated rings. The summed E-state index contributed by atoms with van der Waals surface area (Å²) in [5.74, 6) is 2.66. The van der Waals surface area contributed by atoms with Crippen LogP contribution in [0.15, 0.2) is 48.5 Å². The SMILES string of the molecule is CCC(CCCc1ccc(-c2ccc(C)cc2)cc1)C1CCCCC(C)(C(C)C)C1. The number of hydrogen-bond acceptors (Lipinski definition) is 0. The first-order valence-electron chi connectivity index (χ1n) is 12.6. The lowest BCUT2D eigenvalue weighted by atomic mass is 9.68. The van der Waals surface area contributed by atoms with Crippen LogP contribution >= 0.6 is 0 Å². The summed E-state index contributed by atoms with van der Waals surface area (Å²) < 4.78 is 0. The van der Waals surface area contributed by atoms with Crippen LogP contribution in [0.2, 0.25) is 0 Å². The summed E-state index contributed by atoms with van der Waals surface area (Å²) in [4.78, 5) is 0. The zero-order valence-electron chi connectivity index (χ0n) is 20.2. The predicted molar refractivity (Wildman–Crippen MR) is 133 cm³/mol. The van der Waals surface area contributed by atoms with Crippen molar-refractivity contribution in [1.29, 1.82) is 0 Å². The van der Waals surface area contributed by atoms with Gasteiger partial charge in [-0.25, -0.2) is 0 Å². The van der Waals surface area contributed by atoms with Gasteiger partial charge in [-0.05, 0) is 78.9 Å². The van der Waals surface area contributed by atoms with Gasteiger partial charge in [0.05, 0.1) is 0 Å². The minimum absolute atomic E-state index is 0.556. The topological polar surface area (TPSA) is 0 Å². The maximum Gasteiger partial charge on any atom is -0.0184 e. The first-order chi connectivity index (χ1) is 14.4. The normalized spacial score (nSPS) is 23.3. The first kappa shape index (κ1) is 23.1. The van der Waals surface area contributed by atoms with Crippen LogP contribution in [0.3, 0.4) is 0 Å². The van der Waals surface area contributed by atoms with E-state index in [4.69, 9.17) is 0 Å². The van der Waals surface area contributed by atoms with Crippen molar-refractivity contribution in [3.8, 4) is 11.1 Å². The van der Waals surface area contributed by atoms with Crippen molar-refractivity contribution in [3.05, 3.63) is 59.7 Å². The highest BCUT2D eigenvalue weighted by Crippen LogP contribution is 2.46. The Bertz CT molecular complexity index is 752. The fraction of sp³-hybridized carbons (Fsp3) is 0.600. The van der Waals surface area contributed by atoms with Crippen LogP contribution in [-0.4, -0.2) is 0 Å². The van der Waals surface area contributed by atoms with E-state index < -0.39 is 0 Å². The predicted octanol–water partition coefficient (Wildman–Crippen LogP) is 9.25. The molecule has 0 amide bonds. The summed E-state index contributed by atoms with van der Waals surface area (Å²) in [6.07, 6.45) is 12.5. The highest BCUT2D eigenvalue weighted by molar-refractivity contribution is 5.63. The molecule has 3 unspecified atom stereocenters. The number of benzene rings is 2. The molecule has 0 aliphatic heterocycles. The van der Waals surface area contributed by atoms with Crippen LogP contribution in [-0.2, 0) is 6.42 Å². The largest absolute Gasteiger partial charge is 0.0651 e. The van der Waals surface area contributed by atoms with Crippen LogP contribution in [0.5, 0.6) is 0 Å². The van der Waals surface area contributed by atoms with E-state index in [0.29, 0.717) is 5.41 Å². The van der Waals surface area contributed by atoms with Gasteiger partial charge in [-0.1, -0.05) is 107 Å². The lowest BCUT2D eigenvalue weighted by Crippen LogP contribution is -2.28. The molecule has 1 aliphatic rings. The molecular weight excluding hydrogens is 360 g/mol. The molecule has 1 aliphatic carbocycles. The molecule has 0 N–H and O–H groups in total. The second-order valence-electron chi connectivity index (χ2n) is 10.6. The van der Waals surface area contributed by atoms with Crippen molar-refractivity contribution in [3.63, 3.8) is 0 Å². The second kappa shape index (κ2) is 10.7. The van der Waals surface area contributed by atoms with Gasteiger partial charge in [0.2, 0.25) is 0 Å². The van der Waals surface area contributed by atoms with Gasteiger partial charge >= 0.3 is 0 Å². The minimum atomic E-state index is 0.556. The van der Waals surface area contributed by atoms with Gasteiger partial charge in [0.15, 0.2) is 0 Å². The van der Waals surface area contributed by atoms with E-state index >= 15 is 0 Å². The Labute approximate surface area is 186 Å². The fourth-order valence-electron chi connectivity index (χ4n) is 5.62. The Balaban J connectivity index is 1.54. The van der Waals surface area contributed by atoms with Crippen molar-refractivity contribution >= 4 is 0 Å². The monoisotopic (exact) mass is 404 g/mol. The fourth-order valence-corrected chi connectivity index (χ4v) is 5.62. The number of hydrogen-bond donors (Lipinski definition) is 0. The molecule has 164 valence electrons. The minimum Gasteiger partial charge on any atom is -0.0651 e. The lowest BCUT2D eigenvalue weighted by Gasteiger charge is -2.37. The lowest BCUT2D eigenvalue weighted by molar-refractivity contribution is 0.129. The Morgan fingerprint density at radius 3 is 2.17 bits per heavy atom. The Hall–Kier alpha value is -1.56. The van der Waals surface area contributed by atoms with Gasteiger partial charge in [-0.15, -0.1) is 0 Å². The van der Waals surface area contributed by atoms with E-state index in [-0.39, 0.29) is 0 Å². The smallest absolute Gasteiger partial charge is 0.0184 e. The Morgan fingerprint density at radius 2 is 1.57 bits per heavy atom. The summed E-state index contributed by atoms with van der Waals surface area (Å²) in [7, 11) is 0. The summed E-state index contributed by atoms with van der Waals surface area (Å²) in [5.41, 5.74) is 6.02. The summed E-state index contributed by atoms with van der Waals surface area (Å²) >= 11 is 0. The van der Waals surface area contributed by atoms with E-state index in [1.54, 1.807) is 0 Å². The van der Waals surface area contributed by atoms with E-state index in [1.165, 1.54) is 80.0 Å². The number of rotatable bonds is 8. The molecule has 0 spiro atoms. The summed E-state index contributed by atoms with van der Waals surface area (Å²) in [6, 6.07) is 18.2. The highest BCUT2D eigenvalue weighted by Gasteiger charge is 2.35. The van der Waals surface area contributed by atoms with Crippen LogP contribution < -0.4 is 0 Å². The molecule has 0 heteroatoms. The molecule has 0 heterocycles. The van der Waals surface area contributed by atoms with Crippen molar-refractivity contribution in [1.82, 2.24) is 0 Å². The van der Waals surface area contributed by atoms with Crippen molar-refractivity contribution in [2.24, 2.45) is 23.2 Å². The molecule has 2 aromatic carbocycles. The molecule has 30 heavy (non-hydrogen) atoms. The van der Waals surface area contributed by atoms with Crippen molar-refractivity contribution < 1.29 is 0 Å². The summed E-state index contributed by atoms with van der Waals surface area (Å²) in [6.45, 7) is 12.0. The maximum absolute atomic E-state index is 2.57. The molecular formula is C30H44. The first-order valence-corrected chi connectivity index (χ1v) is 12.6. The van der Waals surface area contributed by atoms with E-state index in [1.807, 2.05) is 0 Å². The van der Waals surface area contributed by atoms with Crippen LogP contribution in [0.4, 0.5) is 0 Å². The van der Waals surface area contributed by atoms with Gasteiger partial charge in [-0.3, -0.25) is 0 Å². The van der Waals surface area contributed by atoms with Gasteiger partial charge in [-0.2, -0.15) is 0 Å². The van der Waals surface area contributed by atoms with Gasteiger partial charge < -0.3 is 0 Å². The number of aryl methyl sites for hydroxylation is 2. The van der Waals surface area contributed by atoms with Crippen LogP contribution in [0.25, 0.3) is 11.1 Å². The van der Waals surface area contributed by atoms with E-state index in [9.17, 15) is 0 Å². The van der Waals surface area contributed by atoms with Gasteiger partial charge in [0.1, 0.15) is 0 Å². The van der Waals surface area contributed by atoms with E-state index in [0.717, 1.165) is 17.8 Å². The quantitative estimate of drug-likeness (QED) is 0.384. The van der Waals surface area contributed by atoms with Crippen LogP contribution in [0.1, 0.15) is 90.2 Å². The molecule has 0 nitrogen and oxygen atoms in total. The second-order valence-corrected chi connectivity index (χ2v) is 10.6. The maximum atomic E-state index is 2.57. The molecule has 0 saturated heterocycles. The average Bonchev–Trinajstić information content (AvgIpc) is 2.95. The van der Waals surface area contributed by atoms with E-state index in [2.05, 4.69) is 83.1 Å². The standard InChI is InChI=1S/C30H44/c1-6-26(29-11-7-8-21-30(5,22-29)23(2)3)12-9-10-25-15-19-28(20-16-25)27-17-13-24(4)14-18-27/h13-20,23,26,29H,6-12,21-22H2,1-5H3. The molecule has 0 bridgehead atoms. The molecule has 0 radical (unpaired) electrons. The molecule has 3 rings (SSSR count). The van der Waals surface area contributed by atoms with Crippen LogP contribution in [0, 0.1) is 30.1 Å².